The van der Waals surface area contributed by atoms with E-state index in [-0.39, 0.29) is 11.8 Å². The van der Waals surface area contributed by atoms with Crippen molar-refractivity contribution in [2.45, 2.75) is 25.2 Å². The molecule has 2 aromatic rings. The Morgan fingerprint density at radius 2 is 1.42 bits per heavy atom. The fraction of sp³-hybridized carbons (Fsp3) is 0.440. The lowest BCUT2D eigenvalue weighted by Gasteiger charge is -2.45. The van der Waals surface area contributed by atoms with E-state index in [1.165, 1.54) is 0 Å². The normalized spacial score (nSPS) is 18.6. The Morgan fingerprint density at radius 3 is 2.03 bits per heavy atom. The van der Waals surface area contributed by atoms with Gasteiger partial charge in [0.25, 0.3) is 0 Å². The van der Waals surface area contributed by atoms with Crippen molar-refractivity contribution in [3.8, 4) is 5.75 Å². The van der Waals surface area contributed by atoms with Gasteiger partial charge in [0.2, 0.25) is 11.8 Å². The maximum absolute atomic E-state index is 13.9. The number of benzene rings is 2. The number of piperazine rings is 1. The number of rotatable bonds is 4. The van der Waals surface area contributed by atoms with E-state index < -0.39 is 5.41 Å². The molecule has 2 fully saturated rings. The van der Waals surface area contributed by atoms with Crippen molar-refractivity contribution in [2.75, 3.05) is 51.3 Å². The topological polar surface area (TPSA) is 53.1 Å². The van der Waals surface area contributed by atoms with Crippen LogP contribution in [0.15, 0.2) is 54.6 Å². The SMILES string of the molecule is COc1ccccc1N1CCN(C(=O)C2(c3ccccc3)CCN(C(C)=O)CC2)CC1. The van der Waals surface area contributed by atoms with E-state index in [0.717, 1.165) is 30.1 Å². The highest BCUT2D eigenvalue weighted by Crippen LogP contribution is 2.38. The quantitative estimate of drug-likeness (QED) is 0.762. The summed E-state index contributed by atoms with van der Waals surface area (Å²) in [6, 6.07) is 18.1. The minimum Gasteiger partial charge on any atom is -0.495 e. The third-order valence-electron chi connectivity index (χ3n) is 6.79. The van der Waals surface area contributed by atoms with Crippen LogP contribution in [-0.2, 0) is 15.0 Å². The van der Waals surface area contributed by atoms with Crippen LogP contribution in [0.1, 0.15) is 25.3 Å². The molecule has 0 aromatic heterocycles. The monoisotopic (exact) mass is 421 g/mol. The predicted octanol–water partition coefficient (Wildman–Crippen LogP) is 2.92. The average molecular weight is 422 g/mol. The Hall–Kier alpha value is -3.02. The molecule has 31 heavy (non-hydrogen) atoms. The van der Waals surface area contributed by atoms with Crippen LogP contribution in [0.4, 0.5) is 5.69 Å². The van der Waals surface area contributed by atoms with Gasteiger partial charge in [0.05, 0.1) is 18.2 Å². The van der Waals surface area contributed by atoms with Crippen LogP contribution in [0.2, 0.25) is 0 Å². The van der Waals surface area contributed by atoms with Gasteiger partial charge in [-0.25, -0.2) is 0 Å². The number of carbonyl (C=O) groups is 2. The first kappa shape index (κ1) is 21.2. The largest absolute Gasteiger partial charge is 0.495 e. The van der Waals surface area contributed by atoms with E-state index in [0.29, 0.717) is 39.0 Å². The first-order valence-electron chi connectivity index (χ1n) is 11.0. The van der Waals surface area contributed by atoms with E-state index in [9.17, 15) is 9.59 Å². The molecular weight excluding hydrogens is 390 g/mol. The van der Waals surface area contributed by atoms with Crippen LogP contribution in [0.5, 0.6) is 5.75 Å². The van der Waals surface area contributed by atoms with Crippen molar-refractivity contribution in [3.05, 3.63) is 60.2 Å². The molecule has 0 spiro atoms. The highest BCUT2D eigenvalue weighted by atomic mass is 16.5. The lowest BCUT2D eigenvalue weighted by molar-refractivity contribution is -0.142. The van der Waals surface area contributed by atoms with Crippen LogP contribution in [0.25, 0.3) is 0 Å². The van der Waals surface area contributed by atoms with E-state index in [1.807, 2.05) is 46.2 Å². The van der Waals surface area contributed by atoms with Gasteiger partial charge in [-0.05, 0) is 30.5 Å². The van der Waals surface area contributed by atoms with E-state index in [4.69, 9.17) is 4.74 Å². The first-order valence-corrected chi connectivity index (χ1v) is 11.0. The van der Waals surface area contributed by atoms with Crippen molar-refractivity contribution < 1.29 is 14.3 Å². The van der Waals surface area contributed by atoms with Gasteiger partial charge in [-0.2, -0.15) is 0 Å². The van der Waals surface area contributed by atoms with Gasteiger partial charge in [0.1, 0.15) is 5.75 Å². The number of methoxy groups -OCH3 is 1. The van der Waals surface area contributed by atoms with Gasteiger partial charge in [-0.1, -0.05) is 42.5 Å². The van der Waals surface area contributed by atoms with Gasteiger partial charge < -0.3 is 19.4 Å². The molecule has 2 amide bonds. The molecule has 0 unspecified atom stereocenters. The van der Waals surface area contributed by atoms with E-state index >= 15 is 0 Å². The number of likely N-dealkylation sites (tertiary alicyclic amines) is 1. The minimum atomic E-state index is -0.556. The molecule has 0 aliphatic carbocycles. The number of para-hydroxylation sites is 2. The summed E-state index contributed by atoms with van der Waals surface area (Å²) < 4.78 is 5.52. The number of hydrogen-bond acceptors (Lipinski definition) is 4. The van der Waals surface area contributed by atoms with Gasteiger partial charge >= 0.3 is 0 Å². The highest BCUT2D eigenvalue weighted by molar-refractivity contribution is 5.89. The second-order valence-corrected chi connectivity index (χ2v) is 8.41. The Morgan fingerprint density at radius 1 is 0.806 bits per heavy atom. The lowest BCUT2D eigenvalue weighted by atomic mass is 9.71. The zero-order valence-corrected chi connectivity index (χ0v) is 18.4. The zero-order valence-electron chi connectivity index (χ0n) is 18.4. The number of piperidine rings is 1. The zero-order chi connectivity index (χ0) is 21.8. The third kappa shape index (κ3) is 4.11. The molecule has 0 atom stereocenters. The molecule has 6 heteroatoms. The smallest absolute Gasteiger partial charge is 0.233 e. The molecular formula is C25H31N3O3. The summed E-state index contributed by atoms with van der Waals surface area (Å²) >= 11 is 0. The van der Waals surface area contributed by atoms with Crippen LogP contribution < -0.4 is 9.64 Å². The summed E-state index contributed by atoms with van der Waals surface area (Å²) in [5, 5.41) is 0. The third-order valence-corrected chi connectivity index (χ3v) is 6.79. The Labute approximate surface area is 184 Å². The fourth-order valence-electron chi connectivity index (χ4n) is 4.93. The van der Waals surface area contributed by atoms with Crippen LogP contribution in [0.3, 0.4) is 0 Å². The Balaban J connectivity index is 1.52. The predicted molar refractivity (Wildman–Crippen MR) is 121 cm³/mol. The molecule has 2 saturated heterocycles. The van der Waals surface area contributed by atoms with Gasteiger partial charge in [0, 0.05) is 46.2 Å². The molecule has 0 saturated carbocycles. The molecule has 0 bridgehead atoms. The van der Waals surface area contributed by atoms with Crippen LogP contribution >= 0.6 is 0 Å². The molecule has 6 nitrogen and oxygen atoms in total. The number of nitrogens with zero attached hydrogens (tertiary/aromatic N) is 3. The molecule has 4 rings (SSSR count). The number of carbonyl (C=O) groups excluding carboxylic acids is 2. The molecule has 2 heterocycles. The number of anilines is 1. The fourth-order valence-corrected chi connectivity index (χ4v) is 4.93. The van der Waals surface area contributed by atoms with Gasteiger partial charge in [-0.3, -0.25) is 9.59 Å². The molecule has 0 N–H and O–H groups in total. The minimum absolute atomic E-state index is 0.0829. The van der Waals surface area contributed by atoms with Crippen molar-refractivity contribution in [3.63, 3.8) is 0 Å². The summed E-state index contributed by atoms with van der Waals surface area (Å²) in [7, 11) is 1.69. The summed E-state index contributed by atoms with van der Waals surface area (Å²) in [5.74, 6) is 1.14. The maximum Gasteiger partial charge on any atom is 0.233 e. The number of amides is 2. The van der Waals surface area contributed by atoms with Crippen molar-refractivity contribution >= 4 is 17.5 Å². The maximum atomic E-state index is 13.9. The summed E-state index contributed by atoms with van der Waals surface area (Å²) in [4.78, 5) is 31.9. The van der Waals surface area contributed by atoms with Gasteiger partial charge in [0.15, 0.2) is 0 Å². The van der Waals surface area contributed by atoms with Crippen molar-refractivity contribution in [2.24, 2.45) is 0 Å². The number of hydrogen-bond donors (Lipinski definition) is 0. The molecule has 2 aromatic carbocycles. The Bertz CT molecular complexity index is 915. The molecule has 2 aliphatic heterocycles. The summed E-state index contributed by atoms with van der Waals surface area (Å²) in [6.45, 7) is 5.76. The summed E-state index contributed by atoms with van der Waals surface area (Å²) in [5.41, 5.74) is 1.58. The number of ether oxygens (including phenoxy) is 1. The molecule has 164 valence electrons. The summed E-state index contributed by atoms with van der Waals surface area (Å²) in [6.07, 6.45) is 1.34. The second kappa shape index (κ2) is 9.00. The van der Waals surface area contributed by atoms with Crippen molar-refractivity contribution in [1.29, 1.82) is 0 Å². The lowest BCUT2D eigenvalue weighted by Crippen LogP contribution is -2.57. The highest BCUT2D eigenvalue weighted by Gasteiger charge is 2.45. The van der Waals surface area contributed by atoms with Crippen molar-refractivity contribution in [1.82, 2.24) is 9.80 Å². The van der Waals surface area contributed by atoms with E-state index in [1.54, 1.807) is 14.0 Å². The van der Waals surface area contributed by atoms with Crippen LogP contribution in [-0.4, -0.2) is 68.0 Å². The second-order valence-electron chi connectivity index (χ2n) is 8.41. The van der Waals surface area contributed by atoms with Gasteiger partial charge in [-0.15, -0.1) is 0 Å². The van der Waals surface area contributed by atoms with E-state index in [2.05, 4.69) is 23.1 Å². The average Bonchev–Trinajstić information content (AvgIpc) is 2.84. The standard InChI is InChI=1S/C25H31N3O3/c1-20(29)26-14-12-25(13-15-26,21-8-4-3-5-9-21)24(30)28-18-16-27(17-19-28)22-10-6-7-11-23(22)31-2/h3-11H,12-19H2,1-2H3. The molecule has 0 radical (unpaired) electrons. The molecule has 2 aliphatic rings. The first-order chi connectivity index (χ1) is 15.0. The Kier molecular flexibility index (Phi) is 6.16. The van der Waals surface area contributed by atoms with Crippen LogP contribution in [0, 0.1) is 0 Å².